The lowest BCUT2D eigenvalue weighted by atomic mass is 10.0. The fraction of sp³-hybridized carbons (Fsp3) is 0.111. The van der Waals surface area contributed by atoms with Crippen molar-refractivity contribution in [2.24, 2.45) is 12.0 Å². The van der Waals surface area contributed by atoms with Crippen LogP contribution in [0.3, 0.4) is 0 Å². The lowest BCUT2D eigenvalue weighted by Gasteiger charge is -2.08. The molecular weight excluding hydrogens is 318 g/mol. The lowest BCUT2D eigenvalue weighted by Crippen LogP contribution is -2.15. The summed E-state index contributed by atoms with van der Waals surface area (Å²) in [7, 11) is 1.73. The first kappa shape index (κ1) is 14.9. The van der Waals surface area contributed by atoms with Gasteiger partial charge in [-0.3, -0.25) is 9.79 Å². The van der Waals surface area contributed by atoms with Crippen molar-refractivity contribution in [1.29, 1.82) is 5.26 Å². The summed E-state index contributed by atoms with van der Waals surface area (Å²) in [6.45, 7) is 0.591. The Morgan fingerprint density at radius 2 is 2.28 bits per heavy atom. The topological polar surface area (TPSA) is 96.2 Å². The Labute approximate surface area is 143 Å². The summed E-state index contributed by atoms with van der Waals surface area (Å²) in [5.74, 6) is -0.273. The first-order chi connectivity index (χ1) is 12.2. The minimum Gasteiger partial charge on any atom is -0.364 e. The summed E-state index contributed by atoms with van der Waals surface area (Å²) in [5.41, 5.74) is 5.18. The number of nitrogens with zero attached hydrogens (tertiary/aromatic N) is 4. The molecule has 3 heterocycles. The Bertz CT molecular complexity index is 1040. The number of hydrogen-bond acceptors (Lipinski definition) is 5. The monoisotopic (exact) mass is 331 g/mol. The number of hydrogen-bond donors (Lipinski definition) is 1. The minimum atomic E-state index is -0.273. The zero-order valence-corrected chi connectivity index (χ0v) is 13.4. The Morgan fingerprint density at radius 3 is 3.00 bits per heavy atom. The van der Waals surface area contributed by atoms with Gasteiger partial charge in [-0.25, -0.2) is 0 Å². The highest BCUT2D eigenvalue weighted by molar-refractivity contribution is 6.15. The smallest absolute Gasteiger partial charge is 0.272 e. The number of fused-ring (bicyclic) bond motifs is 1. The number of aryl methyl sites for hydroxylation is 1. The minimum absolute atomic E-state index is 0.273. The van der Waals surface area contributed by atoms with Gasteiger partial charge in [-0.1, -0.05) is 11.2 Å². The highest BCUT2D eigenvalue weighted by atomic mass is 16.5. The van der Waals surface area contributed by atoms with E-state index in [1.54, 1.807) is 36.3 Å². The summed E-state index contributed by atoms with van der Waals surface area (Å²) >= 11 is 0. The molecule has 122 valence electrons. The van der Waals surface area contributed by atoms with Gasteiger partial charge in [-0.2, -0.15) is 5.26 Å². The number of amides is 1. The summed E-state index contributed by atoms with van der Waals surface area (Å²) in [6, 6.07) is 9.27. The number of rotatable bonds is 3. The molecule has 0 atom stereocenters. The van der Waals surface area contributed by atoms with Gasteiger partial charge in [-0.05, 0) is 23.8 Å². The maximum Gasteiger partial charge on any atom is 0.272 e. The van der Waals surface area contributed by atoms with Gasteiger partial charge in [0.1, 0.15) is 18.0 Å². The Balaban J connectivity index is 1.62. The Morgan fingerprint density at radius 1 is 1.40 bits per heavy atom. The van der Waals surface area contributed by atoms with Gasteiger partial charge in [0, 0.05) is 24.5 Å². The van der Waals surface area contributed by atoms with E-state index in [-0.39, 0.29) is 5.91 Å². The van der Waals surface area contributed by atoms with E-state index in [2.05, 4.69) is 15.5 Å². The SMILES string of the molecule is Cn1cc(C#N)cc1C(=O)Nc1ccc2c(c1)C(c1cnoc1)=NC2. The van der Waals surface area contributed by atoms with Gasteiger partial charge in [-0.15, -0.1) is 0 Å². The van der Waals surface area contributed by atoms with E-state index in [1.165, 1.54) is 0 Å². The molecule has 7 heteroatoms. The van der Waals surface area contributed by atoms with Gasteiger partial charge >= 0.3 is 0 Å². The van der Waals surface area contributed by atoms with E-state index in [0.717, 1.165) is 22.4 Å². The zero-order valence-electron chi connectivity index (χ0n) is 13.4. The second kappa shape index (κ2) is 5.76. The molecule has 7 nitrogen and oxygen atoms in total. The maximum absolute atomic E-state index is 12.5. The molecule has 1 amide bonds. The van der Waals surface area contributed by atoms with Crippen LogP contribution >= 0.6 is 0 Å². The van der Waals surface area contributed by atoms with Crippen LogP contribution in [0.4, 0.5) is 5.69 Å². The number of nitrogens with one attached hydrogen (secondary N) is 1. The standard InChI is InChI=1S/C18H13N5O2/c1-23-9-11(6-19)4-16(23)18(24)22-14-3-2-12-7-20-17(15(12)5-14)13-8-21-25-10-13/h2-5,8-10H,7H2,1H3,(H,22,24). The molecule has 0 saturated heterocycles. The van der Waals surface area contributed by atoms with Gasteiger partial charge in [0.2, 0.25) is 0 Å². The van der Waals surface area contributed by atoms with Crippen LogP contribution in [0.2, 0.25) is 0 Å². The molecule has 3 aromatic rings. The summed E-state index contributed by atoms with van der Waals surface area (Å²) in [4.78, 5) is 17.0. The molecule has 4 rings (SSSR count). The maximum atomic E-state index is 12.5. The summed E-state index contributed by atoms with van der Waals surface area (Å²) in [5, 5.41) is 15.5. The molecule has 25 heavy (non-hydrogen) atoms. The highest BCUT2D eigenvalue weighted by Crippen LogP contribution is 2.26. The van der Waals surface area contributed by atoms with Crippen LogP contribution in [0.25, 0.3) is 0 Å². The lowest BCUT2D eigenvalue weighted by molar-refractivity contribution is 0.101. The quantitative estimate of drug-likeness (QED) is 0.797. The van der Waals surface area contributed by atoms with Gasteiger partial charge < -0.3 is 14.4 Å². The van der Waals surface area contributed by atoms with Crippen LogP contribution in [-0.2, 0) is 13.6 Å². The summed E-state index contributed by atoms with van der Waals surface area (Å²) < 4.78 is 6.52. The van der Waals surface area contributed by atoms with Gasteiger partial charge in [0.15, 0.2) is 0 Å². The molecule has 2 aromatic heterocycles. The van der Waals surface area contributed by atoms with Gasteiger partial charge in [0.05, 0.1) is 29.6 Å². The fourth-order valence-corrected chi connectivity index (χ4v) is 2.88. The van der Waals surface area contributed by atoms with Gasteiger partial charge in [0.25, 0.3) is 5.91 Å². The second-order valence-corrected chi connectivity index (χ2v) is 5.74. The van der Waals surface area contributed by atoms with Crippen molar-refractivity contribution < 1.29 is 9.32 Å². The average molecular weight is 331 g/mol. The molecule has 0 radical (unpaired) electrons. The molecule has 0 saturated carbocycles. The van der Waals surface area contributed by atoms with Crippen molar-refractivity contribution in [3.05, 3.63) is 70.9 Å². The molecular formula is C18H13N5O2. The van der Waals surface area contributed by atoms with E-state index in [1.807, 2.05) is 24.3 Å². The van der Waals surface area contributed by atoms with Crippen molar-refractivity contribution in [1.82, 2.24) is 9.72 Å². The number of aromatic nitrogens is 2. The number of carbonyl (C=O) groups excluding carboxylic acids is 1. The number of nitriles is 1. The number of anilines is 1. The third-order valence-corrected chi connectivity index (χ3v) is 4.10. The number of carbonyl (C=O) groups is 1. The molecule has 1 aliphatic rings. The molecule has 1 aromatic carbocycles. The van der Waals surface area contributed by atoms with Crippen molar-refractivity contribution >= 4 is 17.3 Å². The van der Waals surface area contributed by atoms with E-state index < -0.39 is 0 Å². The van der Waals surface area contributed by atoms with E-state index in [4.69, 9.17) is 9.78 Å². The Kier molecular flexibility index (Phi) is 3.43. The van der Waals surface area contributed by atoms with Crippen molar-refractivity contribution in [3.63, 3.8) is 0 Å². The largest absolute Gasteiger partial charge is 0.364 e. The van der Waals surface area contributed by atoms with Crippen LogP contribution in [-0.4, -0.2) is 21.3 Å². The molecule has 0 bridgehead atoms. The van der Waals surface area contributed by atoms with Crippen LogP contribution in [0.5, 0.6) is 0 Å². The third kappa shape index (κ3) is 2.60. The van der Waals surface area contributed by atoms with Crippen LogP contribution in [0.15, 0.2) is 52.4 Å². The molecule has 1 aliphatic heterocycles. The molecule has 1 N–H and O–H groups in total. The average Bonchev–Trinajstić information content (AvgIpc) is 3.32. The van der Waals surface area contributed by atoms with E-state index in [0.29, 0.717) is 23.5 Å². The highest BCUT2D eigenvalue weighted by Gasteiger charge is 2.20. The molecule has 0 fully saturated rings. The normalized spacial score (nSPS) is 12.4. The predicted octanol–water partition coefficient (Wildman–Crippen LogP) is 2.49. The molecule has 0 aliphatic carbocycles. The fourth-order valence-electron chi connectivity index (χ4n) is 2.88. The van der Waals surface area contributed by atoms with Crippen LogP contribution in [0.1, 0.15) is 32.7 Å². The van der Waals surface area contributed by atoms with E-state index in [9.17, 15) is 4.79 Å². The van der Waals surface area contributed by atoms with Crippen molar-refractivity contribution in [3.8, 4) is 6.07 Å². The first-order valence-electron chi connectivity index (χ1n) is 7.61. The molecule has 0 unspecified atom stereocenters. The van der Waals surface area contributed by atoms with Crippen LogP contribution in [0, 0.1) is 11.3 Å². The third-order valence-electron chi connectivity index (χ3n) is 4.10. The first-order valence-corrected chi connectivity index (χ1v) is 7.61. The second-order valence-electron chi connectivity index (χ2n) is 5.74. The molecule has 0 spiro atoms. The van der Waals surface area contributed by atoms with Crippen molar-refractivity contribution in [2.45, 2.75) is 6.54 Å². The number of benzene rings is 1. The van der Waals surface area contributed by atoms with Crippen LogP contribution < -0.4 is 5.32 Å². The zero-order chi connectivity index (χ0) is 17.4. The number of aliphatic imine (C=N–C) groups is 1. The predicted molar refractivity (Wildman–Crippen MR) is 90.4 cm³/mol. The summed E-state index contributed by atoms with van der Waals surface area (Å²) in [6.07, 6.45) is 4.79. The Hall–Kier alpha value is -3.66. The van der Waals surface area contributed by atoms with E-state index >= 15 is 0 Å². The van der Waals surface area contributed by atoms with Crippen molar-refractivity contribution in [2.75, 3.05) is 5.32 Å².